The van der Waals surface area contributed by atoms with Crippen molar-refractivity contribution in [1.29, 1.82) is 0 Å². The largest absolute Gasteiger partial charge is 0.466 e. The molecule has 0 unspecified atom stereocenters. The van der Waals surface area contributed by atoms with E-state index < -0.39 is 23.1 Å². The molecule has 0 bridgehead atoms. The van der Waals surface area contributed by atoms with E-state index in [4.69, 9.17) is 19.2 Å². The van der Waals surface area contributed by atoms with Crippen LogP contribution in [0.2, 0.25) is 0 Å². The molecule has 30 heavy (non-hydrogen) atoms. The summed E-state index contributed by atoms with van der Waals surface area (Å²) in [4.78, 5) is 21.6. The number of aliphatic hydroxyl groups excluding tert-OH is 1. The molecule has 0 atom stereocenters. The fraction of sp³-hybridized carbons (Fsp3) is 1.00. The second-order valence-electron chi connectivity index (χ2n) is 9.02. The van der Waals surface area contributed by atoms with Gasteiger partial charge in [-0.3, -0.25) is 0 Å². The van der Waals surface area contributed by atoms with Gasteiger partial charge in [-0.25, -0.2) is 13.0 Å². The SMILES string of the molecule is CCCCCCCCCCCCCCCCS(=O)(=O)CC(C)(C)CO.O=P(O)(O)O. The molecule has 0 saturated heterocycles. The molecule has 9 heteroatoms. The summed E-state index contributed by atoms with van der Waals surface area (Å²) >= 11 is 0. The van der Waals surface area contributed by atoms with E-state index in [2.05, 4.69) is 6.92 Å². The van der Waals surface area contributed by atoms with E-state index in [0.29, 0.717) is 0 Å². The summed E-state index contributed by atoms with van der Waals surface area (Å²) in [5, 5.41) is 9.19. The third-order valence-corrected chi connectivity index (χ3v) is 6.98. The lowest BCUT2D eigenvalue weighted by Gasteiger charge is -2.21. The average molecular weight is 475 g/mol. The van der Waals surface area contributed by atoms with Crippen molar-refractivity contribution in [2.24, 2.45) is 5.41 Å². The van der Waals surface area contributed by atoms with Gasteiger partial charge in [-0.05, 0) is 6.42 Å². The molecule has 0 aromatic rings. The van der Waals surface area contributed by atoms with Gasteiger partial charge in [0.25, 0.3) is 0 Å². The van der Waals surface area contributed by atoms with Crippen molar-refractivity contribution in [3.8, 4) is 0 Å². The Kier molecular flexibility index (Phi) is 19.9. The van der Waals surface area contributed by atoms with Gasteiger partial charge in [0.1, 0.15) is 0 Å². The molecule has 7 nitrogen and oxygen atoms in total. The van der Waals surface area contributed by atoms with Crippen molar-refractivity contribution >= 4 is 17.7 Å². The minimum Gasteiger partial charge on any atom is -0.396 e. The topological polar surface area (TPSA) is 132 Å². The van der Waals surface area contributed by atoms with Crippen LogP contribution >= 0.6 is 7.82 Å². The van der Waals surface area contributed by atoms with E-state index >= 15 is 0 Å². The van der Waals surface area contributed by atoms with Gasteiger partial charge in [-0.1, -0.05) is 104 Å². The zero-order valence-electron chi connectivity index (χ0n) is 19.4. The highest BCUT2D eigenvalue weighted by Crippen LogP contribution is 2.25. The first kappa shape index (κ1) is 32.2. The first-order chi connectivity index (χ1) is 13.8. The van der Waals surface area contributed by atoms with Gasteiger partial charge in [-0.15, -0.1) is 0 Å². The Bertz CT molecular complexity index is 521. The Hall–Kier alpha value is 0.0200. The van der Waals surface area contributed by atoms with Crippen LogP contribution in [0.1, 0.15) is 111 Å². The van der Waals surface area contributed by atoms with Gasteiger partial charge in [0.05, 0.1) is 11.5 Å². The molecule has 0 fully saturated rings. The Morgan fingerprint density at radius 1 is 0.700 bits per heavy atom. The van der Waals surface area contributed by atoms with Crippen molar-refractivity contribution in [2.75, 3.05) is 18.1 Å². The number of rotatable bonds is 18. The maximum Gasteiger partial charge on any atom is 0.466 e. The Morgan fingerprint density at radius 2 is 1.00 bits per heavy atom. The standard InChI is InChI=1S/C21H44O3S.H3O4P/c1-4-5-6-7-8-9-10-11-12-13-14-15-16-17-18-25(23,24)20-21(2,3)19-22;1-5(2,3)4/h22H,4-20H2,1-3H3;(H3,1,2,3,4). The van der Waals surface area contributed by atoms with Crippen molar-refractivity contribution < 1.29 is 32.8 Å². The van der Waals surface area contributed by atoms with Gasteiger partial charge < -0.3 is 19.8 Å². The molecule has 0 spiro atoms. The molecule has 0 saturated carbocycles. The van der Waals surface area contributed by atoms with Gasteiger partial charge in [0.15, 0.2) is 9.84 Å². The molecule has 0 aromatic carbocycles. The highest BCUT2D eigenvalue weighted by atomic mass is 32.2. The predicted octanol–water partition coefficient (Wildman–Crippen LogP) is 4.97. The maximum absolute atomic E-state index is 12.0. The zero-order valence-corrected chi connectivity index (χ0v) is 21.1. The number of sulfone groups is 1. The van der Waals surface area contributed by atoms with Crippen molar-refractivity contribution in [1.82, 2.24) is 0 Å². The molecule has 184 valence electrons. The number of aliphatic hydroxyl groups is 1. The predicted molar refractivity (Wildman–Crippen MR) is 124 cm³/mol. The van der Waals surface area contributed by atoms with Crippen LogP contribution in [0.4, 0.5) is 0 Å². The smallest absolute Gasteiger partial charge is 0.396 e. The molecule has 0 amide bonds. The summed E-state index contributed by atoms with van der Waals surface area (Å²) in [6.07, 6.45) is 17.9. The van der Waals surface area contributed by atoms with E-state index in [9.17, 15) is 13.5 Å². The number of unbranched alkanes of at least 4 members (excludes halogenated alkanes) is 13. The molecule has 0 aromatic heterocycles. The van der Waals surface area contributed by atoms with Crippen LogP contribution in [-0.2, 0) is 14.4 Å². The minimum absolute atomic E-state index is 0.0784. The first-order valence-corrected chi connectivity index (χ1v) is 14.8. The molecule has 0 aliphatic rings. The van der Waals surface area contributed by atoms with Crippen LogP contribution in [0, 0.1) is 5.41 Å². The third-order valence-electron chi connectivity index (χ3n) is 4.85. The zero-order chi connectivity index (χ0) is 23.5. The summed E-state index contributed by atoms with van der Waals surface area (Å²) in [6, 6.07) is 0. The molecule has 0 rings (SSSR count). The van der Waals surface area contributed by atoms with Crippen molar-refractivity contribution in [2.45, 2.75) is 111 Å². The second-order valence-corrected chi connectivity index (χ2v) is 12.2. The van der Waals surface area contributed by atoms with E-state index in [1.165, 1.54) is 70.6 Å². The summed E-state index contributed by atoms with van der Waals surface area (Å²) < 4.78 is 32.9. The fourth-order valence-electron chi connectivity index (χ4n) is 3.23. The van der Waals surface area contributed by atoms with Gasteiger partial charge in [-0.2, -0.15) is 0 Å². The van der Waals surface area contributed by atoms with Crippen LogP contribution in [0.5, 0.6) is 0 Å². The summed E-state index contributed by atoms with van der Waals surface area (Å²) in [7, 11) is -7.67. The lowest BCUT2D eigenvalue weighted by atomic mass is 9.98. The lowest BCUT2D eigenvalue weighted by Crippen LogP contribution is -2.29. The minimum atomic E-state index is -4.64. The molecule has 0 aliphatic heterocycles. The molecular formula is C21H47O7PS. The Balaban J connectivity index is 0. The monoisotopic (exact) mass is 474 g/mol. The maximum atomic E-state index is 12.0. The summed E-state index contributed by atoms with van der Waals surface area (Å²) in [5.74, 6) is 0.364. The normalized spacial score (nSPS) is 12.5. The summed E-state index contributed by atoms with van der Waals surface area (Å²) in [6.45, 7) is 5.79. The van der Waals surface area contributed by atoms with E-state index in [1.807, 2.05) is 0 Å². The van der Waals surface area contributed by atoms with Crippen molar-refractivity contribution in [3.05, 3.63) is 0 Å². The van der Waals surface area contributed by atoms with Crippen LogP contribution in [0.3, 0.4) is 0 Å². The highest BCUT2D eigenvalue weighted by Gasteiger charge is 2.24. The quantitative estimate of drug-likeness (QED) is 0.163. The van der Waals surface area contributed by atoms with Gasteiger partial charge in [0.2, 0.25) is 0 Å². The van der Waals surface area contributed by atoms with Gasteiger partial charge in [0, 0.05) is 12.0 Å². The first-order valence-electron chi connectivity index (χ1n) is 11.4. The van der Waals surface area contributed by atoms with Crippen LogP contribution in [0.15, 0.2) is 0 Å². The van der Waals surface area contributed by atoms with Crippen LogP contribution in [-0.4, -0.2) is 46.3 Å². The van der Waals surface area contributed by atoms with Crippen molar-refractivity contribution in [3.63, 3.8) is 0 Å². The number of hydrogen-bond acceptors (Lipinski definition) is 4. The van der Waals surface area contributed by atoms with Gasteiger partial charge >= 0.3 is 7.82 Å². The highest BCUT2D eigenvalue weighted by molar-refractivity contribution is 7.91. The fourth-order valence-corrected chi connectivity index (χ4v) is 5.30. The lowest BCUT2D eigenvalue weighted by molar-refractivity contribution is 0.179. The molecule has 0 aliphatic carbocycles. The Morgan fingerprint density at radius 3 is 1.30 bits per heavy atom. The van der Waals surface area contributed by atoms with E-state index in [0.717, 1.165) is 19.3 Å². The van der Waals surface area contributed by atoms with Crippen LogP contribution in [0.25, 0.3) is 0 Å². The molecular weight excluding hydrogens is 427 g/mol. The number of hydrogen-bond donors (Lipinski definition) is 4. The average Bonchev–Trinajstić information content (AvgIpc) is 2.59. The third kappa shape index (κ3) is 30.2. The second kappa shape index (κ2) is 18.6. The molecule has 0 radical (unpaired) electrons. The number of phosphoric acid groups is 1. The van der Waals surface area contributed by atoms with Crippen LogP contribution < -0.4 is 0 Å². The summed E-state index contributed by atoms with van der Waals surface area (Å²) in [5.41, 5.74) is -0.519. The Labute approximate surface area is 184 Å². The van der Waals surface area contributed by atoms with E-state index in [-0.39, 0.29) is 18.1 Å². The molecule has 0 heterocycles. The molecule has 4 N–H and O–H groups in total. The van der Waals surface area contributed by atoms with E-state index in [1.54, 1.807) is 13.8 Å².